The van der Waals surface area contributed by atoms with Gasteiger partial charge in [0.05, 0.1) is 20.2 Å². The fraction of sp³-hybridized carbons (Fsp3) is 0.364. The summed E-state index contributed by atoms with van der Waals surface area (Å²) in [4.78, 5) is 10.6. The van der Waals surface area contributed by atoms with Gasteiger partial charge in [-0.2, -0.15) is 0 Å². The molecule has 5 nitrogen and oxygen atoms in total. The zero-order chi connectivity index (χ0) is 12.1. The van der Waals surface area contributed by atoms with Crippen LogP contribution < -0.4 is 20.3 Å². The van der Waals surface area contributed by atoms with Crippen molar-refractivity contribution in [2.24, 2.45) is 0 Å². The first-order valence-corrected chi connectivity index (χ1v) is 4.83. The molecule has 1 atom stereocenters. The summed E-state index contributed by atoms with van der Waals surface area (Å²) in [5.74, 6) is 0.0990. The molecular formula is C11H15NO4. The highest BCUT2D eigenvalue weighted by Gasteiger charge is 2.13. The molecule has 0 spiro atoms. The molecule has 0 amide bonds. The first-order valence-electron chi connectivity index (χ1n) is 4.83. The molecule has 0 unspecified atom stereocenters. The Hall–Kier alpha value is -1.75. The van der Waals surface area contributed by atoms with Crippen LogP contribution in [0, 0.1) is 0 Å². The number of carbonyl (C=O) groups is 1. The van der Waals surface area contributed by atoms with Gasteiger partial charge in [0.15, 0.2) is 0 Å². The molecular weight excluding hydrogens is 210 g/mol. The second kappa shape index (κ2) is 5.37. The third kappa shape index (κ3) is 2.87. The van der Waals surface area contributed by atoms with Gasteiger partial charge in [-0.25, -0.2) is 0 Å². The summed E-state index contributed by atoms with van der Waals surface area (Å²) in [5, 5.41) is 10.6. The summed E-state index contributed by atoms with van der Waals surface area (Å²) in [6.45, 7) is 0. The summed E-state index contributed by atoms with van der Waals surface area (Å²) in [7, 11) is 3.08. The number of quaternary nitrogens is 1. The van der Waals surface area contributed by atoms with E-state index in [1.54, 1.807) is 25.3 Å². The Bertz CT molecular complexity index is 378. The molecule has 0 fully saturated rings. The molecule has 88 valence electrons. The van der Waals surface area contributed by atoms with Crippen LogP contribution in [0.4, 0.5) is 0 Å². The Labute approximate surface area is 93.8 Å². The Morgan fingerprint density at radius 1 is 1.44 bits per heavy atom. The summed E-state index contributed by atoms with van der Waals surface area (Å²) >= 11 is 0. The fourth-order valence-electron chi connectivity index (χ4n) is 1.39. The van der Waals surface area contributed by atoms with Crippen molar-refractivity contribution < 1.29 is 25.1 Å². The highest BCUT2D eigenvalue weighted by atomic mass is 16.5. The van der Waals surface area contributed by atoms with Crippen molar-refractivity contribution in [1.82, 2.24) is 0 Å². The predicted octanol–water partition coefficient (Wildman–Crippen LogP) is -1.39. The monoisotopic (exact) mass is 225 g/mol. The lowest BCUT2D eigenvalue weighted by atomic mass is 10.1. The second-order valence-corrected chi connectivity index (χ2v) is 3.40. The van der Waals surface area contributed by atoms with Crippen molar-refractivity contribution in [1.29, 1.82) is 0 Å². The van der Waals surface area contributed by atoms with Gasteiger partial charge in [-0.1, -0.05) is 0 Å². The first-order chi connectivity index (χ1) is 7.58. The third-order valence-electron chi connectivity index (χ3n) is 2.29. The van der Waals surface area contributed by atoms with E-state index in [1.165, 1.54) is 7.11 Å². The minimum atomic E-state index is -1.18. The van der Waals surface area contributed by atoms with E-state index in [0.717, 1.165) is 5.56 Å². The number of carbonyl (C=O) groups excluding carboxylic acids is 1. The van der Waals surface area contributed by atoms with E-state index < -0.39 is 12.0 Å². The van der Waals surface area contributed by atoms with Crippen LogP contribution in [-0.4, -0.2) is 26.2 Å². The maximum atomic E-state index is 10.6. The lowest BCUT2D eigenvalue weighted by molar-refractivity contribution is -0.437. The average molecular weight is 225 g/mol. The minimum absolute atomic E-state index is 0.253. The molecule has 0 aliphatic carbocycles. The van der Waals surface area contributed by atoms with Crippen molar-refractivity contribution in [2.45, 2.75) is 12.5 Å². The van der Waals surface area contributed by atoms with Crippen LogP contribution in [0.2, 0.25) is 0 Å². The molecule has 16 heavy (non-hydrogen) atoms. The lowest BCUT2D eigenvalue weighted by Crippen LogP contribution is -2.69. The molecule has 1 rings (SSSR count). The Kier molecular flexibility index (Phi) is 4.13. The van der Waals surface area contributed by atoms with Crippen LogP contribution in [0.1, 0.15) is 5.56 Å². The zero-order valence-corrected chi connectivity index (χ0v) is 9.36. The largest absolute Gasteiger partial charge is 0.544 e. The SMILES string of the molecule is COc1ccc(OC)c(C[C@H]([NH3+])C(=O)[O-])c1. The maximum Gasteiger partial charge on any atom is 0.129 e. The number of carboxylic acid groups (broad SMARTS) is 1. The third-order valence-corrected chi connectivity index (χ3v) is 2.29. The van der Waals surface area contributed by atoms with E-state index in [4.69, 9.17) is 9.47 Å². The van der Waals surface area contributed by atoms with Gasteiger partial charge in [-0.3, -0.25) is 0 Å². The number of methoxy groups -OCH3 is 2. The van der Waals surface area contributed by atoms with Crippen molar-refractivity contribution in [3.63, 3.8) is 0 Å². The molecule has 0 saturated heterocycles. The normalized spacial score (nSPS) is 11.9. The van der Waals surface area contributed by atoms with E-state index >= 15 is 0 Å². The van der Waals surface area contributed by atoms with Crippen LogP contribution >= 0.6 is 0 Å². The standard InChI is InChI=1S/C11H15NO4/c1-15-8-3-4-10(16-2)7(5-8)6-9(12)11(13)14/h3-5,9H,6,12H2,1-2H3,(H,13,14)/t9-/m0/s1. The first kappa shape index (κ1) is 12.3. The van der Waals surface area contributed by atoms with Gasteiger partial charge in [0.25, 0.3) is 0 Å². The minimum Gasteiger partial charge on any atom is -0.544 e. The predicted molar refractivity (Wildman–Crippen MR) is 54.9 cm³/mol. The van der Waals surface area contributed by atoms with Crippen LogP contribution in [0.15, 0.2) is 18.2 Å². The quantitative estimate of drug-likeness (QED) is 0.668. The Morgan fingerprint density at radius 3 is 2.62 bits per heavy atom. The molecule has 5 heteroatoms. The van der Waals surface area contributed by atoms with E-state index in [9.17, 15) is 9.90 Å². The molecule has 0 bridgehead atoms. The van der Waals surface area contributed by atoms with Crippen LogP contribution in [0.25, 0.3) is 0 Å². The summed E-state index contributed by atoms with van der Waals surface area (Å²) in [5.41, 5.74) is 4.25. The summed E-state index contributed by atoms with van der Waals surface area (Å²) in [6.07, 6.45) is 0.253. The number of hydrogen-bond acceptors (Lipinski definition) is 4. The topological polar surface area (TPSA) is 86.2 Å². The smallest absolute Gasteiger partial charge is 0.129 e. The number of hydrogen-bond donors (Lipinski definition) is 1. The van der Waals surface area contributed by atoms with Gasteiger partial charge in [0.2, 0.25) is 0 Å². The molecule has 0 radical (unpaired) electrons. The molecule has 0 saturated carbocycles. The van der Waals surface area contributed by atoms with Gasteiger partial charge >= 0.3 is 0 Å². The molecule has 3 N–H and O–H groups in total. The number of benzene rings is 1. The van der Waals surface area contributed by atoms with E-state index in [-0.39, 0.29) is 6.42 Å². The summed E-state index contributed by atoms with van der Waals surface area (Å²) in [6, 6.07) is 4.41. The van der Waals surface area contributed by atoms with Gasteiger partial charge in [0, 0.05) is 12.0 Å². The van der Waals surface area contributed by atoms with E-state index in [1.807, 2.05) is 0 Å². The maximum absolute atomic E-state index is 10.6. The fourth-order valence-corrected chi connectivity index (χ4v) is 1.39. The Morgan fingerprint density at radius 2 is 2.12 bits per heavy atom. The molecule has 1 aromatic carbocycles. The van der Waals surface area contributed by atoms with Gasteiger partial charge in [-0.05, 0) is 18.2 Å². The van der Waals surface area contributed by atoms with E-state index in [0.29, 0.717) is 11.5 Å². The van der Waals surface area contributed by atoms with Crippen molar-refractivity contribution in [2.75, 3.05) is 14.2 Å². The Balaban J connectivity index is 2.95. The van der Waals surface area contributed by atoms with E-state index in [2.05, 4.69) is 5.73 Å². The number of aliphatic carboxylic acids is 1. The number of ether oxygens (including phenoxy) is 2. The second-order valence-electron chi connectivity index (χ2n) is 3.40. The molecule has 1 aromatic rings. The van der Waals surface area contributed by atoms with Gasteiger partial charge in [0.1, 0.15) is 17.5 Å². The highest BCUT2D eigenvalue weighted by molar-refractivity contribution is 5.69. The molecule has 0 aliphatic rings. The van der Waals surface area contributed by atoms with Crippen molar-refractivity contribution >= 4 is 5.97 Å². The zero-order valence-electron chi connectivity index (χ0n) is 9.36. The highest BCUT2D eigenvalue weighted by Crippen LogP contribution is 2.24. The van der Waals surface area contributed by atoms with Crippen LogP contribution in [0.5, 0.6) is 11.5 Å². The lowest BCUT2D eigenvalue weighted by Gasteiger charge is -2.13. The molecule has 0 aromatic heterocycles. The van der Waals surface area contributed by atoms with Crippen molar-refractivity contribution in [3.05, 3.63) is 23.8 Å². The van der Waals surface area contributed by atoms with Gasteiger partial charge in [-0.15, -0.1) is 0 Å². The van der Waals surface area contributed by atoms with Crippen LogP contribution in [0.3, 0.4) is 0 Å². The van der Waals surface area contributed by atoms with Crippen LogP contribution in [-0.2, 0) is 11.2 Å². The average Bonchev–Trinajstić information content (AvgIpc) is 2.28. The summed E-state index contributed by atoms with van der Waals surface area (Å²) < 4.78 is 10.2. The van der Waals surface area contributed by atoms with Crippen molar-refractivity contribution in [3.8, 4) is 11.5 Å². The molecule has 0 aliphatic heterocycles. The van der Waals surface area contributed by atoms with Gasteiger partial charge < -0.3 is 25.1 Å². The molecule has 0 heterocycles. The number of carboxylic acids is 1. The number of rotatable bonds is 5.